The predicted octanol–water partition coefficient (Wildman–Crippen LogP) is 4.31. The molecule has 2 unspecified atom stereocenters. The molecule has 2 aromatic carbocycles. The maximum atomic E-state index is 9.86. The molecule has 2 rings (SSSR count). The van der Waals surface area contributed by atoms with E-state index < -0.39 is 6.10 Å². The molecule has 0 amide bonds. The SMILES string of the molecule is CCOc1ccccc1C(C)Nc1ccccc1C(C)O. The average molecular weight is 285 g/mol. The summed E-state index contributed by atoms with van der Waals surface area (Å²) in [5, 5.41) is 13.3. The van der Waals surface area contributed by atoms with Crippen LogP contribution >= 0.6 is 0 Å². The number of ether oxygens (including phenoxy) is 1. The highest BCUT2D eigenvalue weighted by Crippen LogP contribution is 2.30. The number of nitrogens with one attached hydrogen (secondary N) is 1. The molecule has 0 heterocycles. The molecule has 0 radical (unpaired) electrons. The van der Waals surface area contributed by atoms with Crippen LogP contribution in [0.25, 0.3) is 0 Å². The lowest BCUT2D eigenvalue weighted by Gasteiger charge is -2.21. The van der Waals surface area contributed by atoms with Crippen molar-refractivity contribution in [2.75, 3.05) is 11.9 Å². The number of rotatable bonds is 6. The smallest absolute Gasteiger partial charge is 0.124 e. The van der Waals surface area contributed by atoms with Gasteiger partial charge in [0.25, 0.3) is 0 Å². The van der Waals surface area contributed by atoms with E-state index in [-0.39, 0.29) is 6.04 Å². The van der Waals surface area contributed by atoms with Crippen molar-refractivity contribution >= 4 is 5.69 Å². The third-order valence-corrected chi connectivity index (χ3v) is 3.47. The molecule has 2 atom stereocenters. The molecule has 2 N–H and O–H groups in total. The number of aliphatic hydroxyl groups is 1. The first kappa shape index (κ1) is 15.4. The molecule has 0 spiro atoms. The van der Waals surface area contributed by atoms with Gasteiger partial charge in [0, 0.05) is 16.8 Å². The van der Waals surface area contributed by atoms with Gasteiger partial charge in [0.1, 0.15) is 5.75 Å². The number of hydrogen-bond acceptors (Lipinski definition) is 3. The third-order valence-electron chi connectivity index (χ3n) is 3.47. The highest BCUT2D eigenvalue weighted by Gasteiger charge is 2.14. The van der Waals surface area contributed by atoms with Crippen LogP contribution in [0.15, 0.2) is 48.5 Å². The summed E-state index contributed by atoms with van der Waals surface area (Å²) in [7, 11) is 0. The molecule has 3 heteroatoms. The standard InChI is InChI=1S/C18H23NO2/c1-4-21-18-12-8-6-9-15(18)13(2)19-17-11-7-5-10-16(17)14(3)20/h5-14,19-20H,4H2,1-3H3. The number of benzene rings is 2. The minimum Gasteiger partial charge on any atom is -0.494 e. The second-order valence-corrected chi connectivity index (χ2v) is 5.10. The molecule has 0 aliphatic rings. The van der Waals surface area contributed by atoms with Gasteiger partial charge in [-0.2, -0.15) is 0 Å². The third kappa shape index (κ3) is 3.76. The van der Waals surface area contributed by atoms with Gasteiger partial charge in [-0.15, -0.1) is 0 Å². The maximum absolute atomic E-state index is 9.86. The summed E-state index contributed by atoms with van der Waals surface area (Å²) in [6.45, 7) is 6.50. The van der Waals surface area contributed by atoms with Crippen LogP contribution in [0.5, 0.6) is 5.75 Å². The average Bonchev–Trinajstić information content (AvgIpc) is 2.48. The second kappa shape index (κ2) is 7.14. The number of aliphatic hydroxyl groups excluding tert-OH is 1. The summed E-state index contributed by atoms with van der Waals surface area (Å²) in [6, 6.07) is 16.0. The van der Waals surface area contributed by atoms with Gasteiger partial charge >= 0.3 is 0 Å². The Kier molecular flexibility index (Phi) is 5.23. The monoisotopic (exact) mass is 285 g/mol. The van der Waals surface area contributed by atoms with Gasteiger partial charge in [0.2, 0.25) is 0 Å². The lowest BCUT2D eigenvalue weighted by molar-refractivity contribution is 0.200. The van der Waals surface area contributed by atoms with Crippen molar-refractivity contribution < 1.29 is 9.84 Å². The van der Waals surface area contributed by atoms with Crippen LogP contribution in [0.4, 0.5) is 5.69 Å². The second-order valence-electron chi connectivity index (χ2n) is 5.10. The summed E-state index contributed by atoms with van der Waals surface area (Å²) >= 11 is 0. The Labute approximate surface area is 126 Å². The summed E-state index contributed by atoms with van der Waals surface area (Å²) in [5.74, 6) is 0.898. The quantitative estimate of drug-likeness (QED) is 0.831. The molecular formula is C18H23NO2. The fraction of sp³-hybridized carbons (Fsp3) is 0.333. The van der Waals surface area contributed by atoms with Gasteiger partial charge in [-0.3, -0.25) is 0 Å². The number of hydrogen-bond donors (Lipinski definition) is 2. The van der Waals surface area contributed by atoms with Crippen molar-refractivity contribution in [2.24, 2.45) is 0 Å². The fourth-order valence-electron chi connectivity index (χ4n) is 2.43. The molecule has 112 valence electrons. The van der Waals surface area contributed by atoms with Crippen molar-refractivity contribution in [2.45, 2.75) is 32.9 Å². The van der Waals surface area contributed by atoms with Crippen LogP contribution in [0.1, 0.15) is 44.0 Å². The van der Waals surface area contributed by atoms with Crippen molar-refractivity contribution in [3.05, 3.63) is 59.7 Å². The Morgan fingerprint density at radius 1 is 1.00 bits per heavy atom. The summed E-state index contributed by atoms with van der Waals surface area (Å²) in [5.41, 5.74) is 2.96. The van der Waals surface area contributed by atoms with Gasteiger partial charge in [-0.1, -0.05) is 36.4 Å². The molecule has 0 fully saturated rings. The van der Waals surface area contributed by atoms with Crippen LogP contribution < -0.4 is 10.1 Å². The van der Waals surface area contributed by atoms with Gasteiger partial charge in [-0.05, 0) is 32.9 Å². The van der Waals surface area contributed by atoms with Crippen LogP contribution in [-0.2, 0) is 0 Å². The van der Waals surface area contributed by atoms with E-state index in [2.05, 4.69) is 18.3 Å². The fourth-order valence-corrected chi connectivity index (χ4v) is 2.43. The van der Waals surface area contributed by atoms with Crippen LogP contribution in [-0.4, -0.2) is 11.7 Å². The molecule has 0 bridgehead atoms. The van der Waals surface area contributed by atoms with E-state index in [1.807, 2.05) is 49.4 Å². The Morgan fingerprint density at radius 3 is 2.29 bits per heavy atom. The Morgan fingerprint density at radius 2 is 1.62 bits per heavy atom. The molecule has 0 saturated heterocycles. The van der Waals surface area contributed by atoms with E-state index in [1.54, 1.807) is 6.92 Å². The lowest BCUT2D eigenvalue weighted by Crippen LogP contribution is -2.11. The van der Waals surface area contributed by atoms with Crippen molar-refractivity contribution in [3.8, 4) is 5.75 Å². The lowest BCUT2D eigenvalue weighted by atomic mass is 10.0. The first-order chi connectivity index (χ1) is 10.1. The van der Waals surface area contributed by atoms with E-state index in [9.17, 15) is 5.11 Å². The molecule has 0 aliphatic heterocycles. The minimum atomic E-state index is -0.497. The Bertz CT molecular complexity index is 581. The van der Waals surface area contributed by atoms with Crippen LogP contribution in [0, 0.1) is 0 Å². The summed E-state index contributed by atoms with van der Waals surface area (Å²) < 4.78 is 5.68. The van der Waals surface area contributed by atoms with Gasteiger partial charge in [-0.25, -0.2) is 0 Å². The maximum Gasteiger partial charge on any atom is 0.124 e. The van der Waals surface area contributed by atoms with Gasteiger partial charge in [0.15, 0.2) is 0 Å². The molecular weight excluding hydrogens is 262 g/mol. The Hall–Kier alpha value is -2.00. The zero-order chi connectivity index (χ0) is 15.2. The van der Waals surface area contributed by atoms with E-state index in [4.69, 9.17) is 4.74 Å². The first-order valence-electron chi connectivity index (χ1n) is 7.38. The van der Waals surface area contributed by atoms with E-state index in [1.165, 1.54) is 0 Å². The van der Waals surface area contributed by atoms with Gasteiger partial charge in [0.05, 0.1) is 18.8 Å². The molecule has 0 aliphatic carbocycles. The van der Waals surface area contributed by atoms with Crippen LogP contribution in [0.3, 0.4) is 0 Å². The highest BCUT2D eigenvalue weighted by atomic mass is 16.5. The van der Waals surface area contributed by atoms with E-state index in [0.717, 1.165) is 22.6 Å². The molecule has 0 aromatic heterocycles. The first-order valence-corrected chi connectivity index (χ1v) is 7.38. The zero-order valence-corrected chi connectivity index (χ0v) is 12.8. The van der Waals surface area contributed by atoms with Crippen molar-refractivity contribution in [1.29, 1.82) is 0 Å². The topological polar surface area (TPSA) is 41.5 Å². The van der Waals surface area contributed by atoms with E-state index in [0.29, 0.717) is 6.61 Å². The molecule has 0 saturated carbocycles. The summed E-state index contributed by atoms with van der Waals surface area (Å²) in [6.07, 6.45) is -0.497. The van der Waals surface area contributed by atoms with Gasteiger partial charge < -0.3 is 15.2 Å². The number of para-hydroxylation sites is 2. The molecule has 21 heavy (non-hydrogen) atoms. The van der Waals surface area contributed by atoms with E-state index >= 15 is 0 Å². The minimum absolute atomic E-state index is 0.0904. The number of anilines is 1. The van der Waals surface area contributed by atoms with Crippen molar-refractivity contribution in [1.82, 2.24) is 0 Å². The highest BCUT2D eigenvalue weighted by molar-refractivity contribution is 5.54. The largest absolute Gasteiger partial charge is 0.494 e. The normalized spacial score (nSPS) is 13.5. The van der Waals surface area contributed by atoms with Crippen molar-refractivity contribution in [3.63, 3.8) is 0 Å². The predicted molar refractivity (Wildman–Crippen MR) is 86.7 cm³/mol. The summed E-state index contributed by atoms with van der Waals surface area (Å²) in [4.78, 5) is 0. The molecule has 2 aromatic rings. The molecule has 3 nitrogen and oxygen atoms in total. The Balaban J connectivity index is 2.24. The van der Waals surface area contributed by atoms with Crippen LogP contribution in [0.2, 0.25) is 0 Å². The zero-order valence-electron chi connectivity index (χ0n) is 12.8.